The van der Waals surface area contributed by atoms with Gasteiger partial charge in [0.15, 0.2) is 0 Å². The molecule has 19 heavy (non-hydrogen) atoms. The van der Waals surface area contributed by atoms with E-state index in [9.17, 15) is 9.90 Å². The smallest absolute Gasteiger partial charge is 0.309 e. The van der Waals surface area contributed by atoms with E-state index in [0.29, 0.717) is 5.92 Å². The van der Waals surface area contributed by atoms with Crippen LogP contribution < -0.4 is 4.74 Å². The highest BCUT2D eigenvalue weighted by Crippen LogP contribution is 2.43. The molecule has 0 spiro atoms. The van der Waals surface area contributed by atoms with Gasteiger partial charge in [-0.15, -0.1) is 0 Å². The summed E-state index contributed by atoms with van der Waals surface area (Å²) in [7, 11) is 0. The molecular weight excluding hydrogens is 240 g/mol. The second-order valence-corrected chi connectivity index (χ2v) is 6.17. The van der Waals surface area contributed by atoms with E-state index in [1.807, 2.05) is 25.1 Å². The van der Waals surface area contributed by atoms with Gasteiger partial charge < -0.3 is 9.84 Å². The molecule has 1 saturated carbocycles. The fourth-order valence-corrected chi connectivity index (χ4v) is 3.33. The summed E-state index contributed by atoms with van der Waals surface area (Å²) in [5.41, 5.74) is 0.765. The minimum absolute atomic E-state index is 0.246. The summed E-state index contributed by atoms with van der Waals surface area (Å²) < 4.78 is 6.03. The van der Waals surface area contributed by atoms with Gasteiger partial charge in [-0.2, -0.15) is 0 Å². The Morgan fingerprint density at radius 3 is 2.63 bits per heavy atom. The van der Waals surface area contributed by atoms with E-state index in [1.54, 1.807) is 0 Å². The Labute approximate surface area is 113 Å². The second kappa shape index (κ2) is 4.55. The van der Waals surface area contributed by atoms with Crippen molar-refractivity contribution in [3.05, 3.63) is 29.8 Å². The number of para-hydroxylation sites is 1. The van der Waals surface area contributed by atoms with Gasteiger partial charge in [0, 0.05) is 6.42 Å². The molecule has 1 aromatic rings. The molecule has 1 aliphatic heterocycles. The number of carbonyl (C=O) groups is 1. The molecule has 0 amide bonds. The predicted molar refractivity (Wildman–Crippen MR) is 72.3 cm³/mol. The molecule has 1 atom stereocenters. The number of aliphatic carboxylic acids is 1. The molecule has 1 aromatic carbocycles. The van der Waals surface area contributed by atoms with Crippen molar-refractivity contribution in [3.63, 3.8) is 0 Å². The Morgan fingerprint density at radius 2 is 2.00 bits per heavy atom. The van der Waals surface area contributed by atoms with Crippen LogP contribution in [0.3, 0.4) is 0 Å². The quantitative estimate of drug-likeness (QED) is 0.887. The van der Waals surface area contributed by atoms with E-state index in [1.165, 1.54) is 5.56 Å². The van der Waals surface area contributed by atoms with Crippen LogP contribution in [0.4, 0.5) is 0 Å². The second-order valence-electron chi connectivity index (χ2n) is 6.17. The van der Waals surface area contributed by atoms with E-state index < -0.39 is 11.4 Å². The van der Waals surface area contributed by atoms with Gasteiger partial charge in [-0.25, -0.2) is 0 Å². The number of benzene rings is 1. The van der Waals surface area contributed by atoms with Gasteiger partial charge >= 0.3 is 5.97 Å². The molecule has 1 heterocycles. The zero-order valence-corrected chi connectivity index (χ0v) is 11.3. The molecule has 0 radical (unpaired) electrons. The number of hydrogen-bond acceptors (Lipinski definition) is 2. The van der Waals surface area contributed by atoms with Gasteiger partial charge in [0.05, 0.1) is 5.41 Å². The first-order valence-electron chi connectivity index (χ1n) is 7.06. The van der Waals surface area contributed by atoms with E-state index in [-0.39, 0.29) is 6.10 Å². The fraction of sp³-hybridized carbons (Fsp3) is 0.562. The van der Waals surface area contributed by atoms with Crippen LogP contribution in [0.25, 0.3) is 0 Å². The van der Waals surface area contributed by atoms with Crippen LogP contribution in [0.2, 0.25) is 0 Å². The minimum atomic E-state index is -0.651. The van der Waals surface area contributed by atoms with Crippen molar-refractivity contribution >= 4 is 5.97 Å². The first-order chi connectivity index (χ1) is 9.08. The van der Waals surface area contributed by atoms with Gasteiger partial charge in [-0.1, -0.05) is 18.2 Å². The zero-order valence-electron chi connectivity index (χ0n) is 11.3. The highest BCUT2D eigenvalue weighted by atomic mass is 16.5. The third-order valence-corrected chi connectivity index (χ3v) is 4.85. The molecule has 0 aromatic heterocycles. The summed E-state index contributed by atoms with van der Waals surface area (Å²) in [6.07, 6.45) is 4.68. The molecule has 102 valence electrons. The Bertz CT molecular complexity index is 462. The molecule has 1 N–H and O–H groups in total. The first kappa shape index (κ1) is 12.5. The molecule has 3 rings (SSSR count). The van der Waals surface area contributed by atoms with E-state index in [2.05, 4.69) is 6.07 Å². The normalized spacial score (nSPS) is 33.5. The van der Waals surface area contributed by atoms with Gasteiger partial charge in [-0.3, -0.25) is 4.79 Å². The molecule has 0 bridgehead atoms. The number of hydrogen-bond donors (Lipinski definition) is 1. The average Bonchev–Trinajstić information content (AvgIpc) is 2.83. The largest absolute Gasteiger partial charge is 0.490 e. The summed E-state index contributed by atoms with van der Waals surface area (Å²) in [6.45, 7) is 1.87. The summed E-state index contributed by atoms with van der Waals surface area (Å²) in [6, 6.07) is 8.20. The number of carboxylic acid groups (broad SMARTS) is 1. The van der Waals surface area contributed by atoms with Crippen LogP contribution in [0.5, 0.6) is 5.75 Å². The van der Waals surface area contributed by atoms with Crippen LogP contribution >= 0.6 is 0 Å². The van der Waals surface area contributed by atoms with Crippen LogP contribution in [-0.4, -0.2) is 17.2 Å². The molecule has 1 fully saturated rings. The van der Waals surface area contributed by atoms with E-state index in [0.717, 1.165) is 37.9 Å². The number of ether oxygens (including phenoxy) is 1. The highest BCUT2D eigenvalue weighted by Gasteiger charge is 2.41. The average molecular weight is 260 g/mol. The maximum Gasteiger partial charge on any atom is 0.309 e. The zero-order chi connectivity index (χ0) is 13.5. The molecule has 1 unspecified atom stereocenters. The summed E-state index contributed by atoms with van der Waals surface area (Å²) in [5, 5.41) is 9.26. The first-order valence-corrected chi connectivity index (χ1v) is 7.06. The molecule has 3 nitrogen and oxygen atoms in total. The van der Waals surface area contributed by atoms with Crippen molar-refractivity contribution < 1.29 is 14.6 Å². The van der Waals surface area contributed by atoms with Gasteiger partial charge in [0.2, 0.25) is 0 Å². The van der Waals surface area contributed by atoms with Crippen LogP contribution in [0, 0.1) is 11.3 Å². The molecular formula is C16H20O3. The number of carboxylic acids is 1. The Hall–Kier alpha value is -1.51. The molecule has 0 saturated heterocycles. The number of fused-ring (bicyclic) bond motifs is 1. The summed E-state index contributed by atoms with van der Waals surface area (Å²) in [5.74, 6) is 0.862. The Balaban J connectivity index is 1.64. The highest BCUT2D eigenvalue weighted by molar-refractivity contribution is 5.74. The maximum absolute atomic E-state index is 11.3. The summed E-state index contributed by atoms with van der Waals surface area (Å²) >= 11 is 0. The van der Waals surface area contributed by atoms with E-state index in [4.69, 9.17) is 4.74 Å². The fourth-order valence-electron chi connectivity index (χ4n) is 3.33. The SMILES string of the molecule is CC1(C(=O)O)CCC(C2Cc3ccccc3O2)CC1. The van der Waals surface area contributed by atoms with Crippen molar-refractivity contribution in [1.82, 2.24) is 0 Å². The standard InChI is InChI=1S/C16H20O3/c1-16(15(17)18)8-6-11(7-9-16)14-10-12-4-2-3-5-13(12)19-14/h2-5,11,14H,6-10H2,1H3,(H,17,18). The lowest BCUT2D eigenvalue weighted by Crippen LogP contribution is -2.37. The van der Waals surface area contributed by atoms with Crippen molar-refractivity contribution in [1.29, 1.82) is 0 Å². The molecule has 1 aliphatic carbocycles. The van der Waals surface area contributed by atoms with Crippen molar-refractivity contribution in [2.45, 2.75) is 45.1 Å². The Kier molecular flexibility index (Phi) is 3.00. The third kappa shape index (κ3) is 2.22. The number of rotatable bonds is 2. The maximum atomic E-state index is 11.3. The van der Waals surface area contributed by atoms with Crippen LogP contribution in [0.15, 0.2) is 24.3 Å². The lowest BCUT2D eigenvalue weighted by atomic mass is 9.70. The Morgan fingerprint density at radius 1 is 1.32 bits per heavy atom. The van der Waals surface area contributed by atoms with Gasteiger partial charge in [-0.05, 0) is 50.2 Å². The molecule has 2 aliphatic rings. The van der Waals surface area contributed by atoms with Crippen molar-refractivity contribution in [3.8, 4) is 5.75 Å². The summed E-state index contributed by atoms with van der Waals surface area (Å²) in [4.78, 5) is 11.3. The monoisotopic (exact) mass is 260 g/mol. The van der Waals surface area contributed by atoms with Crippen LogP contribution in [-0.2, 0) is 11.2 Å². The van der Waals surface area contributed by atoms with Crippen molar-refractivity contribution in [2.75, 3.05) is 0 Å². The topological polar surface area (TPSA) is 46.5 Å². The lowest BCUT2D eigenvalue weighted by molar-refractivity contribution is -0.150. The van der Waals surface area contributed by atoms with Crippen molar-refractivity contribution in [2.24, 2.45) is 11.3 Å². The third-order valence-electron chi connectivity index (χ3n) is 4.85. The molecule has 3 heteroatoms. The van der Waals surface area contributed by atoms with Gasteiger partial charge in [0.1, 0.15) is 11.9 Å². The predicted octanol–water partition coefficient (Wildman–Crippen LogP) is 3.27. The van der Waals surface area contributed by atoms with Crippen LogP contribution in [0.1, 0.15) is 38.2 Å². The lowest BCUT2D eigenvalue weighted by Gasteiger charge is -2.36. The minimum Gasteiger partial charge on any atom is -0.490 e. The van der Waals surface area contributed by atoms with E-state index >= 15 is 0 Å². The van der Waals surface area contributed by atoms with Gasteiger partial charge in [0.25, 0.3) is 0 Å².